The molecule has 8 heteroatoms. The van der Waals surface area contributed by atoms with Crippen LogP contribution in [0.3, 0.4) is 0 Å². The Morgan fingerprint density at radius 1 is 1.14 bits per heavy atom. The molecule has 2 aliphatic rings. The number of oxazole rings is 1. The molecule has 0 spiro atoms. The highest BCUT2D eigenvalue weighted by molar-refractivity contribution is 5.66. The molecule has 0 aliphatic heterocycles. The minimum absolute atomic E-state index is 0.193. The lowest BCUT2D eigenvalue weighted by molar-refractivity contribution is 0.194. The number of nitrogens with zero attached hydrogens (tertiary/aromatic N) is 5. The van der Waals surface area contributed by atoms with E-state index in [1.165, 1.54) is 12.3 Å². The number of hydrogen-bond acceptors (Lipinski definition) is 7. The van der Waals surface area contributed by atoms with Crippen LogP contribution in [0.15, 0.2) is 47.3 Å². The van der Waals surface area contributed by atoms with Crippen molar-refractivity contribution in [2.45, 2.75) is 58.0 Å². The minimum atomic E-state index is -0.735. The van der Waals surface area contributed by atoms with Gasteiger partial charge in [-0.05, 0) is 61.3 Å². The Balaban J connectivity index is 1.49. The lowest BCUT2D eigenvalue weighted by Crippen LogP contribution is -2.38. The Morgan fingerprint density at radius 3 is 2.71 bits per heavy atom. The smallest absolute Gasteiger partial charge is 0.247 e. The van der Waals surface area contributed by atoms with Gasteiger partial charge in [-0.1, -0.05) is 26.0 Å². The van der Waals surface area contributed by atoms with Crippen LogP contribution in [0.1, 0.15) is 73.8 Å². The summed E-state index contributed by atoms with van der Waals surface area (Å²) in [7, 11) is 0. The second kappa shape index (κ2) is 7.49. The maximum Gasteiger partial charge on any atom is 0.247 e. The summed E-state index contributed by atoms with van der Waals surface area (Å²) in [6, 6.07) is 7.07. The molecule has 0 radical (unpaired) electrons. The highest BCUT2D eigenvalue weighted by Crippen LogP contribution is 2.69. The average Bonchev–Trinajstić information content (AvgIpc) is 3.48. The first-order valence-electron chi connectivity index (χ1n) is 11.8. The third kappa shape index (κ3) is 2.95. The van der Waals surface area contributed by atoms with Crippen molar-refractivity contribution in [1.82, 2.24) is 25.1 Å². The van der Waals surface area contributed by atoms with Crippen molar-refractivity contribution in [3.8, 4) is 22.8 Å². The number of halogens is 1. The first-order valence-corrected chi connectivity index (χ1v) is 11.8. The van der Waals surface area contributed by atoms with Gasteiger partial charge < -0.3 is 9.52 Å². The van der Waals surface area contributed by atoms with Crippen molar-refractivity contribution in [2.75, 3.05) is 0 Å². The molecule has 3 atom stereocenters. The van der Waals surface area contributed by atoms with Crippen LogP contribution >= 0.6 is 0 Å². The Hall–Kier alpha value is -3.52. The van der Waals surface area contributed by atoms with Gasteiger partial charge in [0.1, 0.15) is 23.5 Å². The van der Waals surface area contributed by atoms with E-state index in [-0.39, 0.29) is 17.2 Å². The molecular formula is C27H26FN5O2. The normalized spacial score (nSPS) is 22.9. The molecule has 4 aromatic rings. The van der Waals surface area contributed by atoms with Gasteiger partial charge in [0.15, 0.2) is 0 Å². The van der Waals surface area contributed by atoms with Gasteiger partial charge in [0.2, 0.25) is 5.89 Å². The molecule has 0 unspecified atom stereocenters. The molecular weight excluding hydrogens is 445 g/mol. The van der Waals surface area contributed by atoms with Crippen LogP contribution in [0.4, 0.5) is 4.39 Å². The molecule has 35 heavy (non-hydrogen) atoms. The number of fused-ring (bicyclic) bond motifs is 5. The van der Waals surface area contributed by atoms with Gasteiger partial charge >= 0.3 is 0 Å². The second-order valence-electron chi connectivity index (χ2n) is 10.2. The van der Waals surface area contributed by atoms with Crippen LogP contribution in [0.2, 0.25) is 0 Å². The van der Waals surface area contributed by atoms with Crippen molar-refractivity contribution in [3.63, 3.8) is 0 Å². The summed E-state index contributed by atoms with van der Waals surface area (Å²) in [5.41, 5.74) is 4.95. The van der Waals surface area contributed by atoms with E-state index in [4.69, 9.17) is 14.5 Å². The first kappa shape index (κ1) is 22.0. The fourth-order valence-corrected chi connectivity index (χ4v) is 6.24. The SMILES string of the molecule is Cc1cccc(F)c1-c1cc2c(nn1)[C@@]1(c3cncc(-c4nc([C@@H](C)O)co4)n3)CC[C@@H]2C1(C)C. The van der Waals surface area contributed by atoms with Gasteiger partial charge in [-0.2, -0.15) is 10.2 Å². The molecule has 7 nitrogen and oxygen atoms in total. The largest absolute Gasteiger partial charge is 0.443 e. The standard InChI is InChI=1S/C27H26FN5O2/c1-14-6-5-7-18(28)23(14)19-10-16-17-8-9-27(26(17,3)4,24(16)33-32-19)22-12-29-11-20(30-22)25-31-21(13-35-25)15(2)34/h5-7,10-13,15,17,34H,8-9H2,1-4H3/t15-,17+,27+/m1/s1. The summed E-state index contributed by atoms with van der Waals surface area (Å²) in [5, 5.41) is 19.0. The Morgan fingerprint density at radius 2 is 1.97 bits per heavy atom. The number of hydrogen-bond donors (Lipinski definition) is 1. The van der Waals surface area contributed by atoms with Crippen LogP contribution in [-0.2, 0) is 5.41 Å². The first-order chi connectivity index (χ1) is 16.7. The van der Waals surface area contributed by atoms with Crippen LogP contribution in [0, 0.1) is 18.2 Å². The van der Waals surface area contributed by atoms with E-state index in [1.54, 1.807) is 25.4 Å². The van der Waals surface area contributed by atoms with E-state index in [2.05, 4.69) is 28.9 Å². The predicted octanol–water partition coefficient (Wildman–Crippen LogP) is 5.29. The van der Waals surface area contributed by atoms with Crippen LogP contribution in [0.25, 0.3) is 22.8 Å². The molecule has 1 saturated carbocycles. The summed E-state index contributed by atoms with van der Waals surface area (Å²) in [6.45, 7) is 8.00. The molecule has 0 amide bonds. The lowest BCUT2D eigenvalue weighted by Gasteiger charge is -2.37. The number of rotatable bonds is 4. The highest BCUT2D eigenvalue weighted by Gasteiger charge is 2.65. The number of aromatic nitrogens is 5. The molecule has 6 rings (SSSR count). The molecule has 1 fully saturated rings. The van der Waals surface area contributed by atoms with Crippen molar-refractivity contribution < 1.29 is 13.9 Å². The van der Waals surface area contributed by atoms with Crippen molar-refractivity contribution in [3.05, 3.63) is 76.9 Å². The zero-order valence-corrected chi connectivity index (χ0v) is 20.1. The number of benzene rings is 1. The van der Waals surface area contributed by atoms with E-state index in [0.717, 1.165) is 35.4 Å². The van der Waals surface area contributed by atoms with E-state index in [0.29, 0.717) is 28.5 Å². The van der Waals surface area contributed by atoms with Gasteiger partial charge in [0.05, 0.1) is 34.8 Å². The van der Waals surface area contributed by atoms with Gasteiger partial charge in [-0.3, -0.25) is 4.98 Å². The molecule has 0 saturated heterocycles. The maximum absolute atomic E-state index is 14.7. The number of aryl methyl sites for hydroxylation is 1. The van der Waals surface area contributed by atoms with E-state index >= 15 is 0 Å². The molecule has 2 aliphatic carbocycles. The van der Waals surface area contributed by atoms with Gasteiger partial charge in [-0.15, -0.1) is 0 Å². The topological polar surface area (TPSA) is 97.8 Å². The minimum Gasteiger partial charge on any atom is -0.443 e. The molecule has 3 heterocycles. The van der Waals surface area contributed by atoms with E-state index in [9.17, 15) is 9.50 Å². The highest BCUT2D eigenvalue weighted by atomic mass is 19.1. The molecule has 178 valence electrons. The van der Waals surface area contributed by atoms with Crippen molar-refractivity contribution in [2.24, 2.45) is 5.41 Å². The Labute approximate surface area is 202 Å². The summed E-state index contributed by atoms with van der Waals surface area (Å²) < 4.78 is 20.3. The molecule has 1 N–H and O–H groups in total. The van der Waals surface area contributed by atoms with Crippen molar-refractivity contribution in [1.29, 1.82) is 0 Å². The van der Waals surface area contributed by atoms with Gasteiger partial charge in [-0.25, -0.2) is 14.4 Å². The third-order valence-corrected chi connectivity index (χ3v) is 8.10. The monoisotopic (exact) mass is 471 g/mol. The zero-order chi connectivity index (χ0) is 24.5. The molecule has 3 aromatic heterocycles. The summed E-state index contributed by atoms with van der Waals surface area (Å²) in [4.78, 5) is 13.8. The second-order valence-corrected chi connectivity index (χ2v) is 10.2. The fraction of sp³-hybridized carbons (Fsp3) is 0.370. The lowest BCUT2D eigenvalue weighted by atomic mass is 9.66. The van der Waals surface area contributed by atoms with Crippen LogP contribution < -0.4 is 0 Å². The van der Waals surface area contributed by atoms with Gasteiger partial charge in [0.25, 0.3) is 0 Å². The summed E-state index contributed by atoms with van der Waals surface area (Å²) in [6.07, 6.45) is 5.94. The van der Waals surface area contributed by atoms with Gasteiger partial charge in [0, 0.05) is 11.8 Å². The quantitative estimate of drug-likeness (QED) is 0.432. The number of aliphatic hydroxyl groups excluding tert-OH is 1. The summed E-state index contributed by atoms with van der Waals surface area (Å²) >= 11 is 0. The third-order valence-electron chi connectivity index (χ3n) is 8.10. The Bertz CT molecular complexity index is 1440. The average molecular weight is 472 g/mol. The number of aliphatic hydroxyl groups is 1. The molecule has 2 bridgehead atoms. The Kier molecular flexibility index (Phi) is 4.70. The maximum atomic E-state index is 14.7. The van der Waals surface area contributed by atoms with E-state index < -0.39 is 11.5 Å². The predicted molar refractivity (Wildman–Crippen MR) is 127 cm³/mol. The van der Waals surface area contributed by atoms with E-state index in [1.807, 2.05) is 19.1 Å². The zero-order valence-electron chi connectivity index (χ0n) is 20.1. The molecule has 1 aromatic carbocycles. The summed E-state index contributed by atoms with van der Waals surface area (Å²) in [5.74, 6) is 0.263. The fourth-order valence-electron chi connectivity index (χ4n) is 6.24. The van der Waals surface area contributed by atoms with Crippen LogP contribution in [-0.4, -0.2) is 30.3 Å². The van der Waals surface area contributed by atoms with Crippen LogP contribution in [0.5, 0.6) is 0 Å². The van der Waals surface area contributed by atoms with Crippen molar-refractivity contribution >= 4 is 0 Å².